The third kappa shape index (κ3) is 4.97. The molecule has 1 unspecified atom stereocenters. The molecular formula is C23H34BrN3O2. The average molecular weight is 464 g/mol. The van der Waals surface area contributed by atoms with Crippen molar-refractivity contribution in [2.24, 2.45) is 0 Å². The zero-order valence-electron chi connectivity index (χ0n) is 17.6. The minimum Gasteiger partial charge on any atom is -0.378 e. The summed E-state index contributed by atoms with van der Waals surface area (Å²) in [5.74, 6) is 0. The van der Waals surface area contributed by atoms with Crippen molar-refractivity contribution >= 4 is 22.0 Å². The standard InChI is InChI=1S/C23H34BrN3O2/c1-2-9-27(22-6-4-18-3-5-20(24)16-19(18)17-22)21-7-10-25(11-8-21)23(28)26-12-14-29-15-13-26/h3,5,16,21-22H,2,4,6-15,17H2,1H3. The number of halogens is 1. The second kappa shape index (κ2) is 9.80. The molecule has 1 aliphatic carbocycles. The molecule has 1 aromatic rings. The number of fused-ring (bicyclic) bond motifs is 1. The van der Waals surface area contributed by atoms with Gasteiger partial charge in [0, 0.05) is 42.7 Å². The lowest BCUT2D eigenvalue weighted by atomic mass is 9.86. The van der Waals surface area contributed by atoms with E-state index >= 15 is 0 Å². The van der Waals surface area contributed by atoms with E-state index in [1.54, 1.807) is 0 Å². The van der Waals surface area contributed by atoms with Crippen LogP contribution in [-0.2, 0) is 17.6 Å². The number of morpholine rings is 1. The second-order valence-corrected chi connectivity index (χ2v) is 9.56. The summed E-state index contributed by atoms with van der Waals surface area (Å²) in [6.07, 6.45) is 6.97. The van der Waals surface area contributed by atoms with Crippen LogP contribution in [0.15, 0.2) is 22.7 Å². The Morgan fingerprint density at radius 2 is 1.79 bits per heavy atom. The first-order valence-corrected chi connectivity index (χ1v) is 12.1. The van der Waals surface area contributed by atoms with E-state index in [1.165, 1.54) is 34.9 Å². The normalized spacial score (nSPS) is 23.3. The molecule has 0 N–H and O–H groups in total. The number of rotatable bonds is 4. The quantitative estimate of drug-likeness (QED) is 0.678. The Kier molecular flexibility index (Phi) is 7.14. The van der Waals surface area contributed by atoms with E-state index < -0.39 is 0 Å². The largest absolute Gasteiger partial charge is 0.378 e. The zero-order chi connectivity index (χ0) is 20.2. The van der Waals surface area contributed by atoms with E-state index in [0.29, 0.717) is 25.3 Å². The first-order chi connectivity index (χ1) is 14.2. The number of likely N-dealkylation sites (tertiary alicyclic amines) is 1. The fourth-order valence-corrected chi connectivity index (χ4v) is 5.66. The molecule has 2 amide bonds. The molecule has 0 spiro atoms. The lowest BCUT2D eigenvalue weighted by Gasteiger charge is -2.44. The lowest BCUT2D eigenvalue weighted by molar-refractivity contribution is 0.0330. The molecule has 2 saturated heterocycles. The van der Waals surface area contributed by atoms with Crippen LogP contribution in [0.25, 0.3) is 0 Å². The number of piperidine rings is 1. The van der Waals surface area contributed by atoms with Crippen LogP contribution in [0.2, 0.25) is 0 Å². The van der Waals surface area contributed by atoms with Crippen molar-refractivity contribution in [1.82, 2.24) is 14.7 Å². The van der Waals surface area contributed by atoms with Gasteiger partial charge in [-0.3, -0.25) is 4.90 Å². The van der Waals surface area contributed by atoms with E-state index in [1.807, 2.05) is 4.90 Å². The van der Waals surface area contributed by atoms with Gasteiger partial charge < -0.3 is 14.5 Å². The number of carbonyl (C=O) groups excluding carboxylic acids is 1. The minimum absolute atomic E-state index is 0.213. The molecule has 0 saturated carbocycles. The predicted octanol–water partition coefficient (Wildman–Crippen LogP) is 3.94. The fraction of sp³-hybridized carbons (Fsp3) is 0.696. The highest BCUT2D eigenvalue weighted by molar-refractivity contribution is 9.10. The Hall–Kier alpha value is -1.11. The molecule has 2 fully saturated rings. The van der Waals surface area contributed by atoms with Gasteiger partial charge in [-0.2, -0.15) is 0 Å². The monoisotopic (exact) mass is 463 g/mol. The van der Waals surface area contributed by atoms with Gasteiger partial charge in [0.1, 0.15) is 0 Å². The summed E-state index contributed by atoms with van der Waals surface area (Å²) >= 11 is 3.64. The number of hydrogen-bond donors (Lipinski definition) is 0. The van der Waals surface area contributed by atoms with Gasteiger partial charge in [0.05, 0.1) is 13.2 Å². The maximum Gasteiger partial charge on any atom is 0.320 e. The van der Waals surface area contributed by atoms with Gasteiger partial charge in [0.2, 0.25) is 0 Å². The number of nitrogens with zero attached hydrogens (tertiary/aromatic N) is 3. The molecular weight excluding hydrogens is 430 g/mol. The van der Waals surface area contributed by atoms with Gasteiger partial charge >= 0.3 is 6.03 Å². The molecule has 2 heterocycles. The van der Waals surface area contributed by atoms with Crippen molar-refractivity contribution in [3.8, 4) is 0 Å². The van der Waals surface area contributed by atoms with Crippen LogP contribution in [-0.4, -0.2) is 78.8 Å². The summed E-state index contributed by atoms with van der Waals surface area (Å²) in [7, 11) is 0. The Labute approximate surface area is 183 Å². The molecule has 3 aliphatic rings. The highest BCUT2D eigenvalue weighted by Crippen LogP contribution is 2.30. The van der Waals surface area contributed by atoms with Crippen LogP contribution in [0, 0.1) is 0 Å². The number of benzene rings is 1. The van der Waals surface area contributed by atoms with Crippen LogP contribution >= 0.6 is 15.9 Å². The van der Waals surface area contributed by atoms with Gasteiger partial charge in [0.25, 0.3) is 0 Å². The molecule has 6 heteroatoms. The molecule has 2 aliphatic heterocycles. The Balaban J connectivity index is 1.37. The molecule has 160 valence electrons. The maximum absolute atomic E-state index is 12.8. The number of carbonyl (C=O) groups is 1. The summed E-state index contributed by atoms with van der Waals surface area (Å²) in [6, 6.07) is 8.21. The van der Waals surface area contributed by atoms with E-state index in [4.69, 9.17) is 4.74 Å². The first-order valence-electron chi connectivity index (χ1n) is 11.3. The van der Waals surface area contributed by atoms with Crippen molar-refractivity contribution in [3.05, 3.63) is 33.8 Å². The summed E-state index contributed by atoms with van der Waals surface area (Å²) in [5, 5.41) is 0. The van der Waals surface area contributed by atoms with Crippen molar-refractivity contribution in [2.45, 2.75) is 57.5 Å². The van der Waals surface area contributed by atoms with Gasteiger partial charge in [-0.05, 0) is 68.3 Å². The molecule has 1 aromatic carbocycles. The molecule has 5 nitrogen and oxygen atoms in total. The number of ether oxygens (including phenoxy) is 1. The number of urea groups is 1. The van der Waals surface area contributed by atoms with E-state index in [0.717, 1.165) is 52.0 Å². The van der Waals surface area contributed by atoms with Crippen LogP contribution in [0.3, 0.4) is 0 Å². The molecule has 29 heavy (non-hydrogen) atoms. The number of aryl methyl sites for hydroxylation is 1. The highest BCUT2D eigenvalue weighted by Gasteiger charge is 2.33. The van der Waals surface area contributed by atoms with E-state index in [2.05, 4.69) is 50.9 Å². The van der Waals surface area contributed by atoms with Gasteiger partial charge in [-0.25, -0.2) is 4.79 Å². The first kappa shape index (κ1) is 21.1. The summed E-state index contributed by atoms with van der Waals surface area (Å²) < 4.78 is 6.58. The second-order valence-electron chi connectivity index (χ2n) is 8.65. The third-order valence-corrected chi connectivity index (χ3v) is 7.30. The van der Waals surface area contributed by atoms with Gasteiger partial charge in [-0.1, -0.05) is 28.9 Å². The maximum atomic E-state index is 12.8. The summed E-state index contributed by atoms with van der Waals surface area (Å²) in [6.45, 7) is 8.03. The van der Waals surface area contributed by atoms with Crippen LogP contribution in [0.5, 0.6) is 0 Å². The van der Waals surface area contributed by atoms with Crippen molar-refractivity contribution in [2.75, 3.05) is 45.9 Å². The van der Waals surface area contributed by atoms with Crippen LogP contribution < -0.4 is 0 Å². The van der Waals surface area contributed by atoms with Gasteiger partial charge in [-0.15, -0.1) is 0 Å². The zero-order valence-corrected chi connectivity index (χ0v) is 19.2. The fourth-order valence-electron chi connectivity index (χ4n) is 5.25. The summed E-state index contributed by atoms with van der Waals surface area (Å²) in [5.41, 5.74) is 3.03. The van der Waals surface area contributed by atoms with Crippen LogP contribution in [0.4, 0.5) is 4.79 Å². The molecule has 0 aromatic heterocycles. The van der Waals surface area contributed by atoms with Crippen molar-refractivity contribution in [3.63, 3.8) is 0 Å². The number of hydrogen-bond acceptors (Lipinski definition) is 3. The molecule has 1 atom stereocenters. The predicted molar refractivity (Wildman–Crippen MR) is 119 cm³/mol. The van der Waals surface area contributed by atoms with E-state index in [9.17, 15) is 4.79 Å². The lowest BCUT2D eigenvalue weighted by Crippen LogP contribution is -2.54. The van der Waals surface area contributed by atoms with E-state index in [-0.39, 0.29) is 6.03 Å². The third-order valence-electron chi connectivity index (χ3n) is 6.81. The van der Waals surface area contributed by atoms with Crippen molar-refractivity contribution < 1.29 is 9.53 Å². The van der Waals surface area contributed by atoms with Crippen molar-refractivity contribution in [1.29, 1.82) is 0 Å². The topological polar surface area (TPSA) is 36.0 Å². The number of amides is 2. The Morgan fingerprint density at radius 1 is 1.07 bits per heavy atom. The van der Waals surface area contributed by atoms with Crippen LogP contribution in [0.1, 0.15) is 43.7 Å². The Bertz CT molecular complexity index is 699. The minimum atomic E-state index is 0.213. The van der Waals surface area contributed by atoms with Gasteiger partial charge in [0.15, 0.2) is 0 Å². The summed E-state index contributed by atoms with van der Waals surface area (Å²) in [4.78, 5) is 19.6. The highest BCUT2D eigenvalue weighted by atomic mass is 79.9. The molecule has 4 rings (SSSR count). The SMILES string of the molecule is CCCN(C1CCN(C(=O)N2CCOCC2)CC1)C1CCc2ccc(Br)cc2C1. The average Bonchev–Trinajstić information content (AvgIpc) is 2.77. The molecule has 0 radical (unpaired) electrons. The smallest absolute Gasteiger partial charge is 0.320 e. The Morgan fingerprint density at radius 3 is 2.52 bits per heavy atom. The molecule has 0 bridgehead atoms.